The number of carbonyl (C=O) groups is 1. The minimum Gasteiger partial charge on any atom is -0.384 e. The van der Waals surface area contributed by atoms with Gasteiger partial charge in [0.15, 0.2) is 0 Å². The lowest BCUT2D eigenvalue weighted by Gasteiger charge is -2.08. The molecule has 0 saturated heterocycles. The molecule has 1 heterocycles. The van der Waals surface area contributed by atoms with E-state index in [9.17, 15) is 4.79 Å². The number of para-hydroxylation sites is 1. The summed E-state index contributed by atoms with van der Waals surface area (Å²) in [5.41, 5.74) is 7.11. The number of carbonyl (C=O) groups excluding carboxylic acids is 1. The van der Waals surface area contributed by atoms with Crippen LogP contribution in [0, 0.1) is 0 Å². The predicted octanol–water partition coefficient (Wildman–Crippen LogP) is 2.69. The summed E-state index contributed by atoms with van der Waals surface area (Å²) in [4.78, 5) is 16.5. The quantitative estimate of drug-likeness (QED) is 0.802. The first-order valence-electron chi connectivity index (χ1n) is 6.65. The number of hydrogen-bond donors (Lipinski definition) is 2. The van der Waals surface area contributed by atoms with Crippen LogP contribution < -0.4 is 11.1 Å². The number of nitrogen functional groups attached to an aromatic ring is 1. The smallest absolute Gasteiger partial charge is 0.252 e. The van der Waals surface area contributed by atoms with Gasteiger partial charge in [-0.15, -0.1) is 0 Å². The lowest BCUT2D eigenvalue weighted by atomic mass is 10.1. The Morgan fingerprint density at radius 3 is 2.95 bits per heavy atom. The van der Waals surface area contributed by atoms with Crippen molar-refractivity contribution >= 4 is 34.4 Å². The van der Waals surface area contributed by atoms with E-state index >= 15 is 0 Å². The summed E-state index contributed by atoms with van der Waals surface area (Å²) in [5.74, 6) is 1.41. The highest BCUT2D eigenvalue weighted by Crippen LogP contribution is 2.19. The van der Waals surface area contributed by atoms with Gasteiger partial charge in [0.25, 0.3) is 5.91 Å². The molecular weight excluding hydrogens is 270 g/mol. The Kier molecular flexibility index (Phi) is 5.24. The molecule has 2 aromatic rings. The van der Waals surface area contributed by atoms with Gasteiger partial charge in [0.2, 0.25) is 0 Å². The topological polar surface area (TPSA) is 68.0 Å². The van der Waals surface area contributed by atoms with Crippen LogP contribution >= 0.6 is 11.8 Å². The third-order valence-electron chi connectivity index (χ3n) is 3.04. The van der Waals surface area contributed by atoms with E-state index in [1.54, 1.807) is 6.07 Å². The molecule has 1 aromatic carbocycles. The number of amides is 1. The monoisotopic (exact) mass is 289 g/mol. The van der Waals surface area contributed by atoms with Crippen molar-refractivity contribution in [1.82, 2.24) is 10.3 Å². The summed E-state index contributed by atoms with van der Waals surface area (Å²) in [7, 11) is 0. The van der Waals surface area contributed by atoms with Crippen LogP contribution in [0.3, 0.4) is 0 Å². The summed E-state index contributed by atoms with van der Waals surface area (Å²) in [6.07, 6.45) is 4.19. The van der Waals surface area contributed by atoms with Crippen LogP contribution in [0.5, 0.6) is 0 Å². The zero-order valence-electron chi connectivity index (χ0n) is 11.6. The second-order valence-corrected chi connectivity index (χ2v) is 5.55. The highest BCUT2D eigenvalue weighted by atomic mass is 32.2. The van der Waals surface area contributed by atoms with Crippen molar-refractivity contribution in [3.05, 3.63) is 35.9 Å². The summed E-state index contributed by atoms with van der Waals surface area (Å²) < 4.78 is 0. The molecule has 0 unspecified atom stereocenters. The van der Waals surface area contributed by atoms with E-state index in [0.717, 1.165) is 29.5 Å². The SMILES string of the molecule is CSCCCCNC(=O)c1cc(N)nc2ccccc12. The maximum Gasteiger partial charge on any atom is 0.252 e. The molecule has 0 atom stereocenters. The number of thioether (sulfide) groups is 1. The van der Waals surface area contributed by atoms with Crippen LogP contribution in [0.2, 0.25) is 0 Å². The Balaban J connectivity index is 2.09. The molecule has 0 saturated carbocycles. The molecule has 20 heavy (non-hydrogen) atoms. The van der Waals surface area contributed by atoms with Crippen LogP contribution in [0.1, 0.15) is 23.2 Å². The van der Waals surface area contributed by atoms with E-state index in [4.69, 9.17) is 5.73 Å². The molecule has 0 aliphatic heterocycles. The standard InChI is InChI=1S/C15H19N3OS/c1-20-9-5-4-8-17-15(19)12-10-14(16)18-13-7-3-2-6-11(12)13/h2-3,6-7,10H,4-5,8-9H2,1H3,(H2,16,18)(H,17,19). The Bertz CT molecular complexity index is 601. The lowest BCUT2D eigenvalue weighted by Crippen LogP contribution is -2.25. The third kappa shape index (κ3) is 3.63. The Morgan fingerprint density at radius 2 is 2.15 bits per heavy atom. The van der Waals surface area contributed by atoms with Gasteiger partial charge in [-0.25, -0.2) is 4.98 Å². The molecule has 5 heteroatoms. The van der Waals surface area contributed by atoms with Gasteiger partial charge < -0.3 is 11.1 Å². The van der Waals surface area contributed by atoms with Gasteiger partial charge in [-0.1, -0.05) is 18.2 Å². The van der Waals surface area contributed by atoms with Crippen molar-refractivity contribution in [1.29, 1.82) is 0 Å². The summed E-state index contributed by atoms with van der Waals surface area (Å²) in [6, 6.07) is 9.18. The average molecular weight is 289 g/mol. The van der Waals surface area contributed by atoms with Crippen molar-refractivity contribution in [2.45, 2.75) is 12.8 Å². The number of nitrogens with two attached hydrogens (primary N) is 1. The van der Waals surface area contributed by atoms with Gasteiger partial charge in [-0.2, -0.15) is 11.8 Å². The first-order valence-corrected chi connectivity index (χ1v) is 8.04. The van der Waals surface area contributed by atoms with E-state index in [2.05, 4.69) is 16.6 Å². The zero-order valence-corrected chi connectivity index (χ0v) is 12.4. The van der Waals surface area contributed by atoms with E-state index in [-0.39, 0.29) is 5.91 Å². The molecule has 0 bridgehead atoms. The molecule has 2 rings (SSSR count). The number of nitrogens with zero attached hydrogens (tertiary/aromatic N) is 1. The molecule has 1 aromatic heterocycles. The molecule has 0 fully saturated rings. The van der Waals surface area contributed by atoms with Gasteiger partial charge >= 0.3 is 0 Å². The highest BCUT2D eigenvalue weighted by Gasteiger charge is 2.11. The van der Waals surface area contributed by atoms with E-state index in [1.807, 2.05) is 36.0 Å². The number of hydrogen-bond acceptors (Lipinski definition) is 4. The molecule has 0 spiro atoms. The summed E-state index contributed by atoms with van der Waals surface area (Å²) in [5, 5.41) is 3.78. The number of nitrogens with one attached hydrogen (secondary N) is 1. The molecule has 0 aliphatic rings. The largest absolute Gasteiger partial charge is 0.384 e. The van der Waals surface area contributed by atoms with Crippen LogP contribution in [0.4, 0.5) is 5.82 Å². The van der Waals surface area contributed by atoms with Crippen molar-refractivity contribution in [2.75, 3.05) is 24.3 Å². The van der Waals surface area contributed by atoms with Gasteiger partial charge in [0, 0.05) is 11.9 Å². The van der Waals surface area contributed by atoms with Crippen molar-refractivity contribution in [3.63, 3.8) is 0 Å². The van der Waals surface area contributed by atoms with Crippen molar-refractivity contribution in [3.8, 4) is 0 Å². The molecule has 0 radical (unpaired) electrons. The molecule has 3 N–H and O–H groups in total. The highest BCUT2D eigenvalue weighted by molar-refractivity contribution is 7.98. The minimum atomic E-state index is -0.0838. The number of pyridine rings is 1. The molecule has 0 aliphatic carbocycles. The molecule has 4 nitrogen and oxygen atoms in total. The van der Waals surface area contributed by atoms with Crippen molar-refractivity contribution in [2.24, 2.45) is 0 Å². The zero-order chi connectivity index (χ0) is 14.4. The number of rotatable bonds is 6. The molecular formula is C15H19N3OS. The number of aromatic nitrogens is 1. The third-order valence-corrected chi connectivity index (χ3v) is 3.74. The van der Waals surface area contributed by atoms with Crippen LogP contribution in [0.25, 0.3) is 10.9 Å². The average Bonchev–Trinajstić information content (AvgIpc) is 2.46. The van der Waals surface area contributed by atoms with Crippen molar-refractivity contribution < 1.29 is 4.79 Å². The first kappa shape index (κ1) is 14.7. The second kappa shape index (κ2) is 7.14. The van der Waals surface area contributed by atoms with Crippen LogP contribution in [-0.4, -0.2) is 29.4 Å². The van der Waals surface area contributed by atoms with E-state index in [1.165, 1.54) is 0 Å². The Labute approximate surface area is 123 Å². The fourth-order valence-electron chi connectivity index (χ4n) is 2.05. The Morgan fingerprint density at radius 1 is 1.35 bits per heavy atom. The van der Waals surface area contributed by atoms with E-state index in [0.29, 0.717) is 17.9 Å². The summed E-state index contributed by atoms with van der Waals surface area (Å²) in [6.45, 7) is 0.690. The van der Waals surface area contributed by atoms with Gasteiger partial charge in [-0.05, 0) is 37.0 Å². The fourth-order valence-corrected chi connectivity index (χ4v) is 2.55. The van der Waals surface area contributed by atoms with Gasteiger partial charge in [0.1, 0.15) is 5.82 Å². The number of anilines is 1. The van der Waals surface area contributed by atoms with Gasteiger partial charge in [-0.3, -0.25) is 4.79 Å². The second-order valence-electron chi connectivity index (χ2n) is 4.57. The Hall–Kier alpha value is -1.75. The normalized spacial score (nSPS) is 10.7. The predicted molar refractivity (Wildman–Crippen MR) is 86.1 cm³/mol. The van der Waals surface area contributed by atoms with E-state index < -0.39 is 0 Å². The molecule has 1 amide bonds. The first-order chi connectivity index (χ1) is 9.72. The maximum atomic E-state index is 12.2. The molecule has 106 valence electrons. The number of benzene rings is 1. The number of fused-ring (bicyclic) bond motifs is 1. The summed E-state index contributed by atoms with van der Waals surface area (Å²) >= 11 is 1.82. The van der Waals surface area contributed by atoms with Crippen LogP contribution in [-0.2, 0) is 0 Å². The van der Waals surface area contributed by atoms with Crippen LogP contribution in [0.15, 0.2) is 30.3 Å². The maximum absolute atomic E-state index is 12.2. The minimum absolute atomic E-state index is 0.0838. The van der Waals surface area contributed by atoms with Gasteiger partial charge in [0.05, 0.1) is 11.1 Å². The fraction of sp³-hybridized carbons (Fsp3) is 0.333. The number of unbranched alkanes of at least 4 members (excludes halogenated alkanes) is 1. The lowest BCUT2D eigenvalue weighted by molar-refractivity contribution is 0.0955.